The molecule has 4 nitrogen and oxygen atoms in total. The number of hydrogen-bond donors (Lipinski definition) is 2. The largest absolute Gasteiger partial charge is 0.480 e. The summed E-state index contributed by atoms with van der Waals surface area (Å²) < 4.78 is 0. The molecule has 0 bridgehead atoms. The zero-order valence-electron chi connectivity index (χ0n) is 12.2. The highest BCUT2D eigenvalue weighted by Gasteiger charge is 2.25. The number of amides is 1. The summed E-state index contributed by atoms with van der Waals surface area (Å²) in [4.78, 5) is 22.7. The van der Waals surface area contributed by atoms with Crippen LogP contribution in [0.4, 0.5) is 0 Å². The third-order valence-electron chi connectivity index (χ3n) is 3.13. The second-order valence-corrected chi connectivity index (χ2v) is 6.18. The summed E-state index contributed by atoms with van der Waals surface area (Å²) in [5.41, 5.74) is 0.211. The topological polar surface area (TPSA) is 66.4 Å². The lowest BCUT2D eigenvalue weighted by Gasteiger charge is -2.21. The Balaban J connectivity index is 4.15. The van der Waals surface area contributed by atoms with E-state index in [2.05, 4.69) is 26.1 Å². The van der Waals surface area contributed by atoms with Crippen molar-refractivity contribution in [1.82, 2.24) is 5.32 Å². The van der Waals surface area contributed by atoms with Crippen LogP contribution in [0.15, 0.2) is 0 Å². The monoisotopic (exact) mass is 257 g/mol. The molecule has 0 radical (unpaired) electrons. The van der Waals surface area contributed by atoms with Gasteiger partial charge in [0.1, 0.15) is 6.04 Å². The van der Waals surface area contributed by atoms with Gasteiger partial charge in [-0.1, -0.05) is 41.0 Å². The van der Waals surface area contributed by atoms with Crippen molar-refractivity contribution in [3.63, 3.8) is 0 Å². The van der Waals surface area contributed by atoms with E-state index in [4.69, 9.17) is 5.11 Å². The molecule has 0 aliphatic rings. The predicted octanol–water partition coefficient (Wildman–Crippen LogP) is 2.82. The van der Waals surface area contributed by atoms with Crippen molar-refractivity contribution in [2.24, 2.45) is 11.3 Å². The van der Waals surface area contributed by atoms with Gasteiger partial charge in [0.15, 0.2) is 0 Å². The Labute approximate surface area is 110 Å². The number of carboxylic acids is 1. The number of hydrogen-bond acceptors (Lipinski definition) is 2. The SMILES string of the molecule is CCC(C)C(NC(=O)CCCC(C)(C)C)C(=O)O. The van der Waals surface area contributed by atoms with Crippen LogP contribution in [0.25, 0.3) is 0 Å². The molecule has 0 aliphatic heterocycles. The van der Waals surface area contributed by atoms with Crippen LogP contribution in [0.2, 0.25) is 0 Å². The van der Waals surface area contributed by atoms with Gasteiger partial charge in [0, 0.05) is 6.42 Å². The van der Waals surface area contributed by atoms with E-state index in [1.165, 1.54) is 0 Å². The Morgan fingerprint density at radius 3 is 2.22 bits per heavy atom. The van der Waals surface area contributed by atoms with Crippen LogP contribution >= 0.6 is 0 Å². The van der Waals surface area contributed by atoms with Crippen molar-refractivity contribution in [1.29, 1.82) is 0 Å². The van der Waals surface area contributed by atoms with Gasteiger partial charge < -0.3 is 10.4 Å². The molecule has 4 heteroatoms. The molecule has 2 atom stereocenters. The van der Waals surface area contributed by atoms with E-state index in [1.807, 2.05) is 13.8 Å². The van der Waals surface area contributed by atoms with Gasteiger partial charge in [-0.05, 0) is 24.2 Å². The average molecular weight is 257 g/mol. The van der Waals surface area contributed by atoms with Gasteiger partial charge in [0.2, 0.25) is 5.91 Å². The number of carbonyl (C=O) groups excluding carboxylic acids is 1. The first-order chi connectivity index (χ1) is 8.17. The minimum Gasteiger partial charge on any atom is -0.480 e. The quantitative estimate of drug-likeness (QED) is 0.737. The molecule has 18 heavy (non-hydrogen) atoms. The highest BCUT2D eigenvalue weighted by molar-refractivity contribution is 5.83. The van der Waals surface area contributed by atoms with Crippen molar-refractivity contribution in [2.75, 3.05) is 0 Å². The first kappa shape index (κ1) is 16.9. The van der Waals surface area contributed by atoms with E-state index < -0.39 is 12.0 Å². The van der Waals surface area contributed by atoms with Gasteiger partial charge in [-0.2, -0.15) is 0 Å². The molecule has 0 heterocycles. The molecule has 0 spiro atoms. The van der Waals surface area contributed by atoms with E-state index in [1.54, 1.807) is 0 Å². The molecule has 0 rings (SSSR count). The van der Waals surface area contributed by atoms with Gasteiger partial charge in [-0.25, -0.2) is 4.79 Å². The van der Waals surface area contributed by atoms with E-state index in [-0.39, 0.29) is 17.2 Å². The van der Waals surface area contributed by atoms with Crippen LogP contribution < -0.4 is 5.32 Å². The molecule has 0 fully saturated rings. The number of nitrogens with one attached hydrogen (secondary N) is 1. The average Bonchev–Trinajstić information content (AvgIpc) is 2.22. The van der Waals surface area contributed by atoms with Crippen molar-refractivity contribution >= 4 is 11.9 Å². The smallest absolute Gasteiger partial charge is 0.326 e. The minimum atomic E-state index is -0.950. The fourth-order valence-corrected chi connectivity index (χ4v) is 1.71. The number of aliphatic carboxylic acids is 1. The summed E-state index contributed by atoms with van der Waals surface area (Å²) in [5.74, 6) is -1.16. The molecule has 0 aromatic rings. The van der Waals surface area contributed by atoms with Crippen LogP contribution in [0.3, 0.4) is 0 Å². The molecular weight excluding hydrogens is 230 g/mol. The summed E-state index contributed by atoms with van der Waals surface area (Å²) in [6, 6.07) is -0.767. The highest BCUT2D eigenvalue weighted by Crippen LogP contribution is 2.21. The minimum absolute atomic E-state index is 0.0472. The zero-order valence-corrected chi connectivity index (χ0v) is 12.2. The number of carbonyl (C=O) groups is 2. The Kier molecular flexibility index (Phi) is 6.96. The van der Waals surface area contributed by atoms with Gasteiger partial charge in [-0.3, -0.25) is 4.79 Å². The molecule has 1 amide bonds. The predicted molar refractivity (Wildman–Crippen MR) is 72.3 cm³/mol. The fourth-order valence-electron chi connectivity index (χ4n) is 1.71. The van der Waals surface area contributed by atoms with E-state index in [0.29, 0.717) is 6.42 Å². The van der Waals surface area contributed by atoms with Gasteiger partial charge >= 0.3 is 5.97 Å². The van der Waals surface area contributed by atoms with Crippen LogP contribution in [0.1, 0.15) is 60.3 Å². The third-order valence-corrected chi connectivity index (χ3v) is 3.13. The maximum atomic E-state index is 11.7. The van der Waals surface area contributed by atoms with Gasteiger partial charge in [0.05, 0.1) is 0 Å². The zero-order chi connectivity index (χ0) is 14.3. The first-order valence-electron chi connectivity index (χ1n) is 6.69. The van der Waals surface area contributed by atoms with Crippen molar-refractivity contribution in [3.05, 3.63) is 0 Å². The second-order valence-electron chi connectivity index (χ2n) is 6.18. The third kappa shape index (κ3) is 7.30. The number of rotatable bonds is 7. The molecule has 0 aromatic carbocycles. The highest BCUT2D eigenvalue weighted by atomic mass is 16.4. The molecule has 2 N–H and O–H groups in total. The lowest BCUT2D eigenvalue weighted by Crippen LogP contribution is -2.44. The molecule has 106 valence electrons. The maximum absolute atomic E-state index is 11.7. The molecule has 0 aromatic heterocycles. The lowest BCUT2D eigenvalue weighted by molar-refractivity contribution is -0.143. The molecule has 2 unspecified atom stereocenters. The van der Waals surface area contributed by atoms with Crippen LogP contribution in [-0.2, 0) is 9.59 Å². The normalized spacial score (nSPS) is 14.9. The maximum Gasteiger partial charge on any atom is 0.326 e. The van der Waals surface area contributed by atoms with E-state index >= 15 is 0 Å². The standard InChI is InChI=1S/C14H27NO3/c1-6-10(2)12(13(17)18)15-11(16)8-7-9-14(3,4)5/h10,12H,6-9H2,1-5H3,(H,15,16)(H,17,18). The Morgan fingerprint density at radius 2 is 1.83 bits per heavy atom. The summed E-state index contributed by atoms with van der Waals surface area (Å²) in [5, 5.41) is 11.7. The number of carboxylic acid groups (broad SMARTS) is 1. The lowest BCUT2D eigenvalue weighted by atomic mass is 9.90. The molecular formula is C14H27NO3. The van der Waals surface area contributed by atoms with Crippen molar-refractivity contribution in [2.45, 2.75) is 66.3 Å². The van der Waals surface area contributed by atoms with Gasteiger partial charge in [0.25, 0.3) is 0 Å². The Hall–Kier alpha value is -1.06. The Bertz CT molecular complexity index is 281. The first-order valence-corrected chi connectivity index (χ1v) is 6.69. The van der Waals surface area contributed by atoms with E-state index in [9.17, 15) is 9.59 Å². The second kappa shape index (κ2) is 7.39. The molecule has 0 saturated carbocycles. The Morgan fingerprint density at radius 1 is 1.28 bits per heavy atom. The van der Waals surface area contributed by atoms with Crippen LogP contribution in [-0.4, -0.2) is 23.0 Å². The van der Waals surface area contributed by atoms with E-state index in [0.717, 1.165) is 19.3 Å². The fraction of sp³-hybridized carbons (Fsp3) is 0.857. The summed E-state index contributed by atoms with van der Waals surface area (Å²) in [6.45, 7) is 10.2. The molecule has 0 aliphatic carbocycles. The summed E-state index contributed by atoms with van der Waals surface area (Å²) in [6.07, 6.45) is 2.89. The van der Waals surface area contributed by atoms with Gasteiger partial charge in [-0.15, -0.1) is 0 Å². The summed E-state index contributed by atoms with van der Waals surface area (Å²) in [7, 11) is 0. The van der Waals surface area contributed by atoms with Crippen molar-refractivity contribution < 1.29 is 14.7 Å². The van der Waals surface area contributed by atoms with Crippen LogP contribution in [0.5, 0.6) is 0 Å². The van der Waals surface area contributed by atoms with Crippen molar-refractivity contribution in [3.8, 4) is 0 Å². The van der Waals surface area contributed by atoms with Crippen LogP contribution in [0, 0.1) is 11.3 Å². The summed E-state index contributed by atoms with van der Waals surface area (Å²) >= 11 is 0. The molecule has 0 saturated heterocycles.